The average molecular weight is 486 g/mol. The molecule has 184 valence electrons. The van der Waals surface area contributed by atoms with Gasteiger partial charge in [-0.2, -0.15) is 5.26 Å². The van der Waals surface area contributed by atoms with E-state index in [1.807, 2.05) is 55.5 Å². The van der Waals surface area contributed by atoms with Crippen LogP contribution in [0.2, 0.25) is 0 Å². The summed E-state index contributed by atoms with van der Waals surface area (Å²) < 4.78 is 5.30. The van der Waals surface area contributed by atoms with Gasteiger partial charge in [0.25, 0.3) is 0 Å². The summed E-state index contributed by atoms with van der Waals surface area (Å²) >= 11 is 0. The summed E-state index contributed by atoms with van der Waals surface area (Å²) in [7, 11) is 1.56. The van der Waals surface area contributed by atoms with Crippen molar-refractivity contribution in [3.05, 3.63) is 71.9 Å². The predicted octanol–water partition coefficient (Wildman–Crippen LogP) is 4.27. The first-order chi connectivity index (χ1) is 17.5. The van der Waals surface area contributed by atoms with Crippen LogP contribution in [0.4, 0.5) is 32.5 Å². The number of carbonyl (C=O) groups is 2. The van der Waals surface area contributed by atoms with Gasteiger partial charge in [0, 0.05) is 43.8 Å². The van der Waals surface area contributed by atoms with Crippen LogP contribution in [-0.2, 0) is 0 Å². The maximum Gasteiger partial charge on any atom is 0.323 e. The molecule has 1 aliphatic rings. The average Bonchev–Trinajstić information content (AvgIpc) is 2.89. The largest absolute Gasteiger partial charge is 0.495 e. The molecule has 10 heteroatoms. The van der Waals surface area contributed by atoms with Crippen LogP contribution < -0.4 is 25.6 Å². The Morgan fingerprint density at radius 2 is 1.75 bits per heavy atom. The van der Waals surface area contributed by atoms with Crippen molar-refractivity contribution < 1.29 is 14.3 Å². The smallest absolute Gasteiger partial charge is 0.323 e. The molecule has 2 aromatic carbocycles. The number of hydrogen-bond donors (Lipinski definition) is 3. The third kappa shape index (κ3) is 5.82. The van der Waals surface area contributed by atoms with Crippen LogP contribution in [0.1, 0.15) is 11.1 Å². The van der Waals surface area contributed by atoms with Gasteiger partial charge in [-0.3, -0.25) is 5.32 Å². The van der Waals surface area contributed by atoms with Crippen molar-refractivity contribution in [3.8, 4) is 11.8 Å². The predicted molar refractivity (Wildman–Crippen MR) is 139 cm³/mol. The number of anilines is 4. The lowest BCUT2D eigenvalue weighted by Gasteiger charge is -2.36. The summed E-state index contributed by atoms with van der Waals surface area (Å²) in [4.78, 5) is 33.0. The van der Waals surface area contributed by atoms with Gasteiger partial charge in [-0.15, -0.1) is 0 Å². The minimum atomic E-state index is -0.362. The van der Waals surface area contributed by atoms with Gasteiger partial charge in [-0.1, -0.05) is 6.07 Å². The van der Waals surface area contributed by atoms with Gasteiger partial charge in [-0.25, -0.2) is 14.6 Å². The highest BCUT2D eigenvalue weighted by atomic mass is 16.5. The number of methoxy groups -OCH3 is 1. The van der Waals surface area contributed by atoms with Crippen molar-refractivity contribution in [3.63, 3.8) is 0 Å². The third-order valence-corrected chi connectivity index (χ3v) is 5.81. The Hall–Kier alpha value is -4.78. The standard InChI is InChI=1S/C26H27N7O3/c1-18-5-10-23(36-2)22(16-18)30-25(34)29-20-6-8-21(9-7-20)32-12-14-33(15-13-32)26(35)31-24-19(17-27)4-3-11-28-24/h3-11,16H,12-15H2,1-2H3,(H,28,31,35)(H2,29,30,34). The van der Waals surface area contributed by atoms with Gasteiger partial charge in [0.2, 0.25) is 0 Å². The van der Waals surface area contributed by atoms with E-state index in [-0.39, 0.29) is 17.9 Å². The van der Waals surface area contributed by atoms with E-state index in [0.717, 1.165) is 11.3 Å². The summed E-state index contributed by atoms with van der Waals surface area (Å²) in [6.07, 6.45) is 1.54. The number of aromatic nitrogens is 1. The Kier molecular flexibility index (Phi) is 7.51. The van der Waals surface area contributed by atoms with Crippen LogP contribution in [0.25, 0.3) is 0 Å². The van der Waals surface area contributed by atoms with Crippen LogP contribution >= 0.6 is 0 Å². The highest BCUT2D eigenvalue weighted by molar-refractivity contribution is 6.00. The molecule has 36 heavy (non-hydrogen) atoms. The number of pyridine rings is 1. The summed E-state index contributed by atoms with van der Waals surface area (Å²) in [5.74, 6) is 0.852. The lowest BCUT2D eigenvalue weighted by Crippen LogP contribution is -2.50. The molecular weight excluding hydrogens is 458 g/mol. The van der Waals surface area contributed by atoms with E-state index < -0.39 is 0 Å². The third-order valence-electron chi connectivity index (χ3n) is 5.81. The van der Waals surface area contributed by atoms with E-state index in [1.54, 1.807) is 24.1 Å². The second kappa shape index (κ2) is 11.1. The number of urea groups is 2. The Labute approximate surface area is 209 Å². The van der Waals surface area contributed by atoms with E-state index in [9.17, 15) is 14.9 Å². The first-order valence-electron chi connectivity index (χ1n) is 11.5. The molecule has 0 radical (unpaired) electrons. The first kappa shape index (κ1) is 24.3. The molecule has 0 aliphatic carbocycles. The minimum Gasteiger partial charge on any atom is -0.495 e. The number of piperazine rings is 1. The molecule has 0 atom stereocenters. The van der Waals surface area contributed by atoms with Gasteiger partial charge in [0.05, 0.1) is 18.4 Å². The molecule has 1 fully saturated rings. The normalized spacial score (nSPS) is 12.9. The number of nitrogens with zero attached hydrogens (tertiary/aromatic N) is 4. The highest BCUT2D eigenvalue weighted by Gasteiger charge is 2.22. The number of nitrogens with one attached hydrogen (secondary N) is 3. The summed E-state index contributed by atoms with van der Waals surface area (Å²) in [5, 5.41) is 17.5. The fourth-order valence-corrected chi connectivity index (χ4v) is 3.90. The quantitative estimate of drug-likeness (QED) is 0.496. The molecule has 0 bridgehead atoms. The zero-order valence-electron chi connectivity index (χ0n) is 20.1. The maximum absolute atomic E-state index is 12.6. The number of nitriles is 1. The van der Waals surface area contributed by atoms with Gasteiger partial charge in [0.15, 0.2) is 5.82 Å². The lowest BCUT2D eigenvalue weighted by atomic mass is 10.2. The van der Waals surface area contributed by atoms with Crippen molar-refractivity contribution >= 4 is 34.9 Å². The molecule has 4 amide bonds. The van der Waals surface area contributed by atoms with Crippen LogP contribution in [0, 0.1) is 18.3 Å². The van der Waals surface area contributed by atoms with Crippen LogP contribution in [0.15, 0.2) is 60.8 Å². The van der Waals surface area contributed by atoms with Crippen LogP contribution in [0.3, 0.4) is 0 Å². The SMILES string of the molecule is COc1ccc(C)cc1NC(=O)Nc1ccc(N2CCN(C(=O)Nc3ncccc3C#N)CC2)cc1. The summed E-state index contributed by atoms with van der Waals surface area (Å²) in [6.45, 7) is 4.31. The number of ether oxygens (including phenoxy) is 1. The zero-order valence-corrected chi connectivity index (χ0v) is 20.1. The Balaban J connectivity index is 1.29. The number of hydrogen-bond acceptors (Lipinski definition) is 6. The first-order valence-corrected chi connectivity index (χ1v) is 11.5. The fourth-order valence-electron chi connectivity index (χ4n) is 3.90. The highest BCUT2D eigenvalue weighted by Crippen LogP contribution is 2.26. The van der Waals surface area contributed by atoms with Crippen molar-refractivity contribution in [1.82, 2.24) is 9.88 Å². The second-order valence-electron chi connectivity index (χ2n) is 8.25. The number of rotatable bonds is 5. The summed E-state index contributed by atoms with van der Waals surface area (Å²) in [6, 6.07) is 17.8. The van der Waals surface area contributed by atoms with E-state index in [4.69, 9.17) is 4.74 Å². The Morgan fingerprint density at radius 3 is 2.44 bits per heavy atom. The Bertz CT molecular complexity index is 1280. The molecule has 1 aliphatic heterocycles. The van der Waals surface area contributed by atoms with Gasteiger partial charge in [-0.05, 0) is 61.0 Å². The number of benzene rings is 2. The molecule has 3 N–H and O–H groups in total. The fraction of sp³-hybridized carbons (Fsp3) is 0.231. The molecule has 1 aromatic heterocycles. The van der Waals surface area contributed by atoms with E-state index >= 15 is 0 Å². The second-order valence-corrected chi connectivity index (χ2v) is 8.25. The molecule has 0 spiro atoms. The topological polar surface area (TPSA) is 123 Å². The molecule has 10 nitrogen and oxygen atoms in total. The van der Waals surface area contributed by atoms with E-state index in [2.05, 4.69) is 25.8 Å². The van der Waals surface area contributed by atoms with Crippen molar-refractivity contribution in [1.29, 1.82) is 5.26 Å². The number of aryl methyl sites for hydroxylation is 1. The number of carbonyl (C=O) groups excluding carboxylic acids is 2. The lowest BCUT2D eigenvalue weighted by molar-refractivity contribution is 0.208. The Morgan fingerprint density at radius 1 is 1.00 bits per heavy atom. The van der Waals surface area contributed by atoms with Gasteiger partial charge in [0.1, 0.15) is 11.8 Å². The molecule has 0 unspecified atom stereocenters. The van der Waals surface area contributed by atoms with Crippen molar-refractivity contribution in [2.75, 3.05) is 54.1 Å². The molecule has 1 saturated heterocycles. The molecule has 0 saturated carbocycles. The van der Waals surface area contributed by atoms with Crippen molar-refractivity contribution in [2.45, 2.75) is 6.92 Å². The molecule has 2 heterocycles. The maximum atomic E-state index is 12.6. The van der Waals surface area contributed by atoms with Crippen LogP contribution in [0.5, 0.6) is 5.75 Å². The zero-order chi connectivity index (χ0) is 25.5. The van der Waals surface area contributed by atoms with Crippen molar-refractivity contribution in [2.24, 2.45) is 0 Å². The van der Waals surface area contributed by atoms with E-state index in [0.29, 0.717) is 48.9 Å². The van der Waals surface area contributed by atoms with E-state index in [1.165, 1.54) is 6.20 Å². The summed E-state index contributed by atoms with van der Waals surface area (Å²) in [5.41, 5.74) is 3.59. The number of amides is 4. The molecule has 4 rings (SSSR count). The minimum absolute atomic E-state index is 0.264. The molecular formula is C26H27N7O3. The van der Waals surface area contributed by atoms with Crippen LogP contribution in [-0.4, -0.2) is 55.2 Å². The molecule has 3 aromatic rings. The van der Waals surface area contributed by atoms with Gasteiger partial charge >= 0.3 is 12.1 Å². The van der Waals surface area contributed by atoms with Gasteiger partial charge < -0.3 is 25.2 Å². The monoisotopic (exact) mass is 485 g/mol.